The third-order valence-electron chi connectivity index (χ3n) is 4.25. The Morgan fingerprint density at radius 2 is 2.24 bits per heavy atom. The smallest absolute Gasteiger partial charge is 0.240 e. The standard InChI is InChI=1S/C15H23N5S/c1-3-11-7-5-4-6-8-20(11)13-12-9-10(2)21-14(12)18-15(17-13)19-16/h9,11H,3-8,16H2,1-2H3,(H,17,18,19). The minimum Gasteiger partial charge on any atom is -0.353 e. The molecular weight excluding hydrogens is 282 g/mol. The van der Waals surface area contributed by atoms with Crippen LogP contribution >= 0.6 is 11.3 Å². The molecule has 0 saturated carbocycles. The molecule has 1 saturated heterocycles. The molecule has 0 aliphatic carbocycles. The van der Waals surface area contributed by atoms with Crippen LogP contribution in [0, 0.1) is 6.92 Å². The monoisotopic (exact) mass is 305 g/mol. The summed E-state index contributed by atoms with van der Waals surface area (Å²) in [4.78, 5) is 13.9. The second-order valence-corrected chi connectivity index (χ2v) is 6.93. The van der Waals surface area contributed by atoms with Crippen LogP contribution in [-0.2, 0) is 0 Å². The molecule has 3 rings (SSSR count). The number of hydrazine groups is 1. The van der Waals surface area contributed by atoms with Gasteiger partial charge in [0, 0.05) is 17.5 Å². The molecule has 1 aliphatic rings. The Labute approximate surface area is 129 Å². The Morgan fingerprint density at radius 1 is 1.38 bits per heavy atom. The van der Waals surface area contributed by atoms with Gasteiger partial charge in [0.05, 0.1) is 5.39 Å². The molecule has 5 nitrogen and oxygen atoms in total. The van der Waals surface area contributed by atoms with Crippen LogP contribution in [0.1, 0.15) is 43.9 Å². The molecule has 0 spiro atoms. The molecule has 3 N–H and O–H groups in total. The molecule has 1 unspecified atom stereocenters. The van der Waals surface area contributed by atoms with E-state index < -0.39 is 0 Å². The van der Waals surface area contributed by atoms with Crippen molar-refractivity contribution in [1.82, 2.24) is 9.97 Å². The molecule has 0 bridgehead atoms. The lowest BCUT2D eigenvalue weighted by molar-refractivity contribution is 0.553. The first-order valence-electron chi connectivity index (χ1n) is 7.74. The molecule has 1 fully saturated rings. The van der Waals surface area contributed by atoms with Crippen LogP contribution in [0.25, 0.3) is 10.2 Å². The van der Waals surface area contributed by atoms with Gasteiger partial charge in [0.1, 0.15) is 10.6 Å². The molecule has 2 aromatic rings. The van der Waals surface area contributed by atoms with Gasteiger partial charge < -0.3 is 4.90 Å². The summed E-state index contributed by atoms with van der Waals surface area (Å²) >= 11 is 1.70. The number of hydrogen-bond donors (Lipinski definition) is 2. The Kier molecular flexibility index (Phi) is 4.26. The Balaban J connectivity index is 2.11. The van der Waals surface area contributed by atoms with Gasteiger partial charge in [-0.1, -0.05) is 19.8 Å². The van der Waals surface area contributed by atoms with Gasteiger partial charge in [-0.25, -0.2) is 10.8 Å². The summed E-state index contributed by atoms with van der Waals surface area (Å²) in [6.45, 7) is 5.46. The van der Waals surface area contributed by atoms with Crippen LogP contribution in [0.4, 0.5) is 11.8 Å². The highest BCUT2D eigenvalue weighted by molar-refractivity contribution is 7.18. The lowest BCUT2D eigenvalue weighted by Crippen LogP contribution is -2.35. The number of aromatic nitrogens is 2. The summed E-state index contributed by atoms with van der Waals surface area (Å²) in [6, 6.07) is 2.77. The van der Waals surface area contributed by atoms with E-state index in [4.69, 9.17) is 5.84 Å². The van der Waals surface area contributed by atoms with Crippen molar-refractivity contribution in [3.8, 4) is 0 Å². The van der Waals surface area contributed by atoms with Crippen LogP contribution in [0.5, 0.6) is 0 Å². The quantitative estimate of drug-likeness (QED) is 0.671. The van der Waals surface area contributed by atoms with Crippen molar-refractivity contribution in [2.75, 3.05) is 16.9 Å². The number of rotatable bonds is 3. The zero-order chi connectivity index (χ0) is 14.8. The predicted octanol–water partition coefficient (Wildman–Crippen LogP) is 3.44. The molecule has 0 radical (unpaired) electrons. The summed E-state index contributed by atoms with van der Waals surface area (Å²) in [6.07, 6.45) is 6.26. The van der Waals surface area contributed by atoms with E-state index in [-0.39, 0.29) is 0 Å². The second-order valence-electron chi connectivity index (χ2n) is 5.70. The zero-order valence-electron chi connectivity index (χ0n) is 12.7. The maximum atomic E-state index is 5.56. The van der Waals surface area contributed by atoms with E-state index in [2.05, 4.69) is 40.2 Å². The van der Waals surface area contributed by atoms with Crippen molar-refractivity contribution in [3.05, 3.63) is 10.9 Å². The van der Waals surface area contributed by atoms with Gasteiger partial charge in [0.2, 0.25) is 5.95 Å². The average molecular weight is 305 g/mol. The van der Waals surface area contributed by atoms with E-state index in [1.54, 1.807) is 11.3 Å². The highest BCUT2D eigenvalue weighted by Crippen LogP contribution is 2.34. The number of nitrogens with zero attached hydrogens (tertiary/aromatic N) is 3. The van der Waals surface area contributed by atoms with Gasteiger partial charge in [-0.2, -0.15) is 4.98 Å². The Bertz CT molecular complexity index is 624. The second kappa shape index (κ2) is 6.15. The van der Waals surface area contributed by atoms with Crippen molar-refractivity contribution >= 4 is 33.3 Å². The molecular formula is C15H23N5S. The third-order valence-corrected chi connectivity index (χ3v) is 5.19. The highest BCUT2D eigenvalue weighted by Gasteiger charge is 2.24. The van der Waals surface area contributed by atoms with Gasteiger partial charge in [0.25, 0.3) is 0 Å². The van der Waals surface area contributed by atoms with E-state index in [0.717, 1.165) is 29.0 Å². The number of fused-ring (bicyclic) bond motifs is 1. The zero-order valence-corrected chi connectivity index (χ0v) is 13.5. The summed E-state index contributed by atoms with van der Waals surface area (Å²) < 4.78 is 0. The van der Waals surface area contributed by atoms with Crippen molar-refractivity contribution in [2.45, 2.75) is 52.0 Å². The molecule has 0 amide bonds. The molecule has 21 heavy (non-hydrogen) atoms. The molecule has 6 heteroatoms. The highest BCUT2D eigenvalue weighted by atomic mass is 32.1. The van der Waals surface area contributed by atoms with Gasteiger partial charge >= 0.3 is 0 Å². The van der Waals surface area contributed by atoms with Crippen LogP contribution in [0.15, 0.2) is 6.07 Å². The molecule has 3 heterocycles. The minimum atomic E-state index is 0.512. The van der Waals surface area contributed by atoms with Gasteiger partial charge in [-0.15, -0.1) is 11.3 Å². The van der Waals surface area contributed by atoms with E-state index in [1.807, 2.05) is 0 Å². The summed E-state index contributed by atoms with van der Waals surface area (Å²) in [5, 5.41) is 1.16. The van der Waals surface area contributed by atoms with Crippen molar-refractivity contribution < 1.29 is 0 Å². The fourth-order valence-electron chi connectivity index (χ4n) is 3.19. The molecule has 2 aromatic heterocycles. The molecule has 114 valence electrons. The third kappa shape index (κ3) is 2.82. The first-order chi connectivity index (χ1) is 10.2. The molecule has 1 aliphatic heterocycles. The maximum absolute atomic E-state index is 5.56. The molecule has 0 aromatic carbocycles. The van der Waals surface area contributed by atoms with Crippen molar-refractivity contribution in [1.29, 1.82) is 0 Å². The summed E-state index contributed by atoms with van der Waals surface area (Å²) in [5.74, 6) is 7.11. The number of hydrogen-bond acceptors (Lipinski definition) is 6. The van der Waals surface area contributed by atoms with Gasteiger partial charge in [-0.05, 0) is 32.3 Å². The minimum absolute atomic E-state index is 0.512. The van der Waals surface area contributed by atoms with E-state index in [9.17, 15) is 0 Å². The number of nitrogens with two attached hydrogens (primary N) is 1. The average Bonchev–Trinajstić information content (AvgIpc) is 2.72. The lowest BCUT2D eigenvalue weighted by Gasteiger charge is -2.31. The number of aryl methyl sites for hydroxylation is 1. The maximum Gasteiger partial charge on any atom is 0.240 e. The fraction of sp³-hybridized carbons (Fsp3) is 0.600. The summed E-state index contributed by atoms with van der Waals surface area (Å²) in [5.41, 5.74) is 2.61. The van der Waals surface area contributed by atoms with Crippen LogP contribution in [0.2, 0.25) is 0 Å². The number of nitrogens with one attached hydrogen (secondary N) is 1. The fourth-order valence-corrected chi connectivity index (χ4v) is 4.07. The van der Waals surface area contributed by atoms with Crippen molar-refractivity contribution in [2.24, 2.45) is 5.84 Å². The van der Waals surface area contributed by atoms with E-state index >= 15 is 0 Å². The topological polar surface area (TPSA) is 67.1 Å². The van der Waals surface area contributed by atoms with E-state index in [1.165, 1.54) is 30.6 Å². The number of nitrogen functional groups attached to an aromatic ring is 1. The van der Waals surface area contributed by atoms with Crippen molar-refractivity contribution in [3.63, 3.8) is 0 Å². The van der Waals surface area contributed by atoms with Crippen LogP contribution < -0.4 is 16.2 Å². The SMILES string of the molecule is CCC1CCCCCN1c1nc(NN)nc2sc(C)cc12. The first kappa shape index (κ1) is 14.5. The molecule has 1 atom stereocenters. The van der Waals surface area contributed by atoms with Crippen LogP contribution in [0.3, 0.4) is 0 Å². The Hall–Kier alpha value is -1.40. The van der Waals surface area contributed by atoms with E-state index in [0.29, 0.717) is 12.0 Å². The van der Waals surface area contributed by atoms with Crippen LogP contribution in [-0.4, -0.2) is 22.6 Å². The van der Waals surface area contributed by atoms with Gasteiger partial charge in [0.15, 0.2) is 0 Å². The van der Waals surface area contributed by atoms with Gasteiger partial charge in [-0.3, -0.25) is 5.43 Å². The number of anilines is 2. The Morgan fingerprint density at radius 3 is 3.00 bits per heavy atom. The first-order valence-corrected chi connectivity index (χ1v) is 8.56. The number of thiophene rings is 1. The summed E-state index contributed by atoms with van der Waals surface area (Å²) in [7, 11) is 0. The normalized spacial score (nSPS) is 19.8. The lowest BCUT2D eigenvalue weighted by atomic mass is 10.1. The predicted molar refractivity (Wildman–Crippen MR) is 89.9 cm³/mol. The largest absolute Gasteiger partial charge is 0.353 e.